The molecule has 94 valence electrons. The minimum Gasteiger partial charge on any atom is -0.383 e. The summed E-state index contributed by atoms with van der Waals surface area (Å²) in [5.74, 6) is 0.188. The molecule has 0 aliphatic carbocycles. The fraction of sp³-hybridized carbons (Fsp3) is 0.500. The van der Waals surface area contributed by atoms with Crippen LogP contribution < -0.4 is 5.32 Å². The number of rotatable bonds is 5. The van der Waals surface area contributed by atoms with Gasteiger partial charge in [-0.05, 0) is 27.9 Å². The van der Waals surface area contributed by atoms with Crippen molar-refractivity contribution in [1.29, 1.82) is 0 Å². The van der Waals surface area contributed by atoms with E-state index in [0.717, 1.165) is 4.47 Å². The summed E-state index contributed by atoms with van der Waals surface area (Å²) in [6.07, 6.45) is 3.19. The number of carbonyl (C=O) groups excluding carboxylic acids is 1. The van der Waals surface area contributed by atoms with E-state index in [-0.39, 0.29) is 11.9 Å². The third-order valence-electron chi connectivity index (χ3n) is 2.43. The van der Waals surface area contributed by atoms with E-state index in [1.807, 2.05) is 13.8 Å². The van der Waals surface area contributed by atoms with Gasteiger partial charge >= 0.3 is 0 Å². The van der Waals surface area contributed by atoms with Crippen molar-refractivity contribution >= 4 is 21.8 Å². The van der Waals surface area contributed by atoms with E-state index in [1.165, 1.54) is 0 Å². The average molecular weight is 301 g/mol. The van der Waals surface area contributed by atoms with Crippen LogP contribution in [0.5, 0.6) is 0 Å². The molecule has 1 heterocycles. The molecule has 1 unspecified atom stereocenters. The predicted molar refractivity (Wildman–Crippen MR) is 69.9 cm³/mol. The molecular weight excluding hydrogens is 284 g/mol. The Morgan fingerprint density at radius 1 is 1.53 bits per heavy atom. The van der Waals surface area contributed by atoms with Gasteiger partial charge in [-0.1, -0.05) is 13.8 Å². The van der Waals surface area contributed by atoms with E-state index in [4.69, 9.17) is 4.74 Å². The number of aromatic nitrogens is 1. The first-order valence-electron chi connectivity index (χ1n) is 5.45. The van der Waals surface area contributed by atoms with Gasteiger partial charge in [-0.3, -0.25) is 9.78 Å². The zero-order valence-electron chi connectivity index (χ0n) is 10.2. The summed E-state index contributed by atoms with van der Waals surface area (Å²) in [6, 6.07) is 1.75. The quantitative estimate of drug-likeness (QED) is 0.907. The topological polar surface area (TPSA) is 51.2 Å². The van der Waals surface area contributed by atoms with Crippen LogP contribution in [0.2, 0.25) is 0 Å². The van der Waals surface area contributed by atoms with Gasteiger partial charge in [0.15, 0.2) is 0 Å². The summed E-state index contributed by atoms with van der Waals surface area (Å²) in [6.45, 7) is 4.59. The van der Waals surface area contributed by atoms with Crippen molar-refractivity contribution < 1.29 is 9.53 Å². The Morgan fingerprint density at radius 3 is 2.76 bits per heavy atom. The summed E-state index contributed by atoms with van der Waals surface area (Å²) >= 11 is 3.29. The van der Waals surface area contributed by atoms with Crippen LogP contribution in [0, 0.1) is 5.92 Å². The van der Waals surface area contributed by atoms with Crippen molar-refractivity contribution in [3.63, 3.8) is 0 Å². The van der Waals surface area contributed by atoms with E-state index in [1.54, 1.807) is 25.6 Å². The van der Waals surface area contributed by atoms with E-state index in [9.17, 15) is 4.79 Å². The van der Waals surface area contributed by atoms with Gasteiger partial charge in [0.05, 0.1) is 18.2 Å². The molecule has 1 atom stereocenters. The Labute approximate surface area is 110 Å². The zero-order valence-corrected chi connectivity index (χ0v) is 11.8. The number of halogens is 1. The van der Waals surface area contributed by atoms with Gasteiger partial charge in [0.25, 0.3) is 5.91 Å². The van der Waals surface area contributed by atoms with Gasteiger partial charge in [0.2, 0.25) is 0 Å². The summed E-state index contributed by atoms with van der Waals surface area (Å²) in [5.41, 5.74) is 0.543. The molecule has 17 heavy (non-hydrogen) atoms. The number of amides is 1. The molecule has 0 spiro atoms. The molecule has 1 rings (SSSR count). The van der Waals surface area contributed by atoms with E-state index >= 15 is 0 Å². The molecule has 1 amide bonds. The number of hydrogen-bond acceptors (Lipinski definition) is 3. The van der Waals surface area contributed by atoms with E-state index < -0.39 is 0 Å². The third kappa shape index (κ3) is 4.44. The fourth-order valence-electron chi connectivity index (χ4n) is 1.37. The first-order chi connectivity index (χ1) is 8.04. The van der Waals surface area contributed by atoms with Crippen LogP contribution in [0.1, 0.15) is 24.2 Å². The Hall–Kier alpha value is -0.940. The monoisotopic (exact) mass is 300 g/mol. The van der Waals surface area contributed by atoms with E-state index in [2.05, 4.69) is 26.2 Å². The molecule has 0 saturated heterocycles. The maximum Gasteiger partial charge on any atom is 0.253 e. The third-order valence-corrected chi connectivity index (χ3v) is 2.87. The van der Waals surface area contributed by atoms with Crippen molar-refractivity contribution in [2.75, 3.05) is 13.7 Å². The van der Waals surface area contributed by atoms with Crippen molar-refractivity contribution in [2.24, 2.45) is 5.92 Å². The number of pyridine rings is 1. The van der Waals surface area contributed by atoms with Gasteiger partial charge in [-0.25, -0.2) is 0 Å². The lowest BCUT2D eigenvalue weighted by molar-refractivity contribution is 0.0866. The summed E-state index contributed by atoms with van der Waals surface area (Å²) < 4.78 is 5.88. The average Bonchev–Trinajstić information content (AvgIpc) is 2.28. The lowest BCUT2D eigenvalue weighted by atomic mass is 10.1. The number of carbonyl (C=O) groups is 1. The summed E-state index contributed by atoms with van der Waals surface area (Å²) in [4.78, 5) is 15.9. The molecule has 0 bridgehead atoms. The molecule has 0 aliphatic heterocycles. The van der Waals surface area contributed by atoms with Crippen LogP contribution in [0.15, 0.2) is 22.9 Å². The maximum atomic E-state index is 12.0. The molecule has 1 aromatic heterocycles. The molecule has 4 nitrogen and oxygen atoms in total. The molecule has 1 N–H and O–H groups in total. The molecule has 1 aromatic rings. The largest absolute Gasteiger partial charge is 0.383 e. The molecule has 0 radical (unpaired) electrons. The molecule has 0 saturated carbocycles. The highest BCUT2D eigenvalue weighted by atomic mass is 79.9. The van der Waals surface area contributed by atoms with Gasteiger partial charge in [-0.2, -0.15) is 0 Å². The minimum absolute atomic E-state index is 0.00600. The lowest BCUT2D eigenvalue weighted by Gasteiger charge is -2.21. The van der Waals surface area contributed by atoms with Crippen LogP contribution in [0.4, 0.5) is 0 Å². The number of nitrogens with one attached hydrogen (secondary N) is 1. The minimum atomic E-state index is -0.130. The molecule has 0 aliphatic rings. The van der Waals surface area contributed by atoms with Crippen LogP contribution >= 0.6 is 15.9 Å². The summed E-state index contributed by atoms with van der Waals surface area (Å²) in [5, 5.41) is 2.94. The Morgan fingerprint density at radius 2 is 2.24 bits per heavy atom. The standard InChI is InChI=1S/C12H17BrN2O2/c1-8(2)11(7-17-3)15-12(16)9-4-10(13)6-14-5-9/h4-6,8,11H,7H2,1-3H3,(H,15,16). The Kier molecular flexibility index (Phi) is 5.58. The SMILES string of the molecule is COCC(NC(=O)c1cncc(Br)c1)C(C)C. The van der Waals surface area contributed by atoms with Gasteiger partial charge in [0, 0.05) is 24.0 Å². The number of hydrogen-bond donors (Lipinski definition) is 1. The van der Waals surface area contributed by atoms with Gasteiger partial charge in [-0.15, -0.1) is 0 Å². The maximum absolute atomic E-state index is 12.0. The Balaban J connectivity index is 2.70. The summed E-state index contributed by atoms with van der Waals surface area (Å²) in [7, 11) is 1.63. The number of methoxy groups -OCH3 is 1. The van der Waals surface area contributed by atoms with Crippen molar-refractivity contribution in [3.8, 4) is 0 Å². The molecular formula is C12H17BrN2O2. The van der Waals surface area contributed by atoms with Crippen LogP contribution in [0.25, 0.3) is 0 Å². The smallest absolute Gasteiger partial charge is 0.253 e. The van der Waals surface area contributed by atoms with Crippen LogP contribution in [-0.2, 0) is 4.74 Å². The zero-order chi connectivity index (χ0) is 12.8. The number of nitrogens with zero attached hydrogens (tertiary/aromatic N) is 1. The predicted octanol–water partition coefficient (Wildman–Crippen LogP) is 2.24. The molecule has 0 fully saturated rings. The highest BCUT2D eigenvalue weighted by Gasteiger charge is 2.17. The molecule has 0 aromatic carbocycles. The second-order valence-corrected chi connectivity index (χ2v) is 5.09. The molecule has 5 heteroatoms. The first kappa shape index (κ1) is 14.1. The normalized spacial score (nSPS) is 12.5. The highest BCUT2D eigenvalue weighted by Crippen LogP contribution is 2.10. The van der Waals surface area contributed by atoms with Crippen LogP contribution in [0.3, 0.4) is 0 Å². The fourth-order valence-corrected chi connectivity index (χ4v) is 1.73. The van der Waals surface area contributed by atoms with Crippen molar-refractivity contribution in [1.82, 2.24) is 10.3 Å². The Bertz CT molecular complexity index is 383. The van der Waals surface area contributed by atoms with Gasteiger partial charge in [0.1, 0.15) is 0 Å². The van der Waals surface area contributed by atoms with Crippen molar-refractivity contribution in [3.05, 3.63) is 28.5 Å². The second kappa shape index (κ2) is 6.71. The van der Waals surface area contributed by atoms with Crippen molar-refractivity contribution in [2.45, 2.75) is 19.9 Å². The number of ether oxygens (including phenoxy) is 1. The highest BCUT2D eigenvalue weighted by molar-refractivity contribution is 9.10. The second-order valence-electron chi connectivity index (χ2n) is 4.17. The van der Waals surface area contributed by atoms with Gasteiger partial charge < -0.3 is 10.1 Å². The van der Waals surface area contributed by atoms with E-state index in [0.29, 0.717) is 18.1 Å². The first-order valence-corrected chi connectivity index (χ1v) is 6.24. The lowest BCUT2D eigenvalue weighted by Crippen LogP contribution is -2.41. The van der Waals surface area contributed by atoms with Crippen LogP contribution in [-0.4, -0.2) is 30.6 Å².